The van der Waals surface area contributed by atoms with E-state index in [-0.39, 0.29) is 10.8 Å². The number of hydrogen-bond donors (Lipinski definition) is 2. The Hall–Kier alpha value is -2.52. The Balaban J connectivity index is 1.69. The van der Waals surface area contributed by atoms with E-state index in [1.54, 1.807) is 18.3 Å². The maximum absolute atomic E-state index is 13.0. The first-order valence-corrected chi connectivity index (χ1v) is 8.24. The first-order valence-electron chi connectivity index (χ1n) is 7.05. The minimum absolute atomic E-state index is 0.0731. The summed E-state index contributed by atoms with van der Waals surface area (Å²) < 4.78 is 42.8. The van der Waals surface area contributed by atoms with Gasteiger partial charge in [0.2, 0.25) is 0 Å². The molecule has 1 heterocycles. The van der Waals surface area contributed by atoms with Crippen molar-refractivity contribution in [2.75, 3.05) is 10.6 Å². The lowest BCUT2D eigenvalue weighted by Crippen LogP contribution is -2.21. The van der Waals surface area contributed by atoms with Crippen molar-refractivity contribution < 1.29 is 13.2 Å². The van der Waals surface area contributed by atoms with Crippen LogP contribution in [0, 0.1) is 0 Å². The number of anilines is 2. The summed E-state index contributed by atoms with van der Waals surface area (Å²) in [6.07, 6.45) is -2.79. The topological polar surface area (TPSA) is 49.8 Å². The first kappa shape index (κ1) is 17.3. The van der Waals surface area contributed by atoms with Gasteiger partial charge < -0.3 is 10.6 Å². The quantitative estimate of drug-likeness (QED) is 0.624. The molecule has 0 unspecified atom stereocenters. The summed E-state index contributed by atoms with van der Waals surface area (Å²) in [6, 6.07) is 12.4. The number of thiocarbonyl (C=S) groups is 1. The number of rotatable bonds is 3. The summed E-state index contributed by atoms with van der Waals surface area (Å²) in [5, 5.41) is 9.30. The van der Waals surface area contributed by atoms with Crippen LogP contribution in [0.4, 0.5) is 24.5 Å². The van der Waals surface area contributed by atoms with Crippen LogP contribution in [0.25, 0.3) is 10.4 Å². The van der Waals surface area contributed by atoms with Gasteiger partial charge in [-0.2, -0.15) is 13.2 Å². The first-order chi connectivity index (χ1) is 11.9. The van der Waals surface area contributed by atoms with Crippen molar-refractivity contribution >= 4 is 40.2 Å². The van der Waals surface area contributed by atoms with Crippen LogP contribution in [0.2, 0.25) is 0 Å². The summed E-state index contributed by atoms with van der Waals surface area (Å²) in [4.78, 5) is 0.923. The highest BCUT2D eigenvalue weighted by Crippen LogP contribution is 2.34. The van der Waals surface area contributed by atoms with E-state index in [0.29, 0.717) is 5.69 Å². The van der Waals surface area contributed by atoms with Gasteiger partial charge in [0.15, 0.2) is 5.11 Å². The molecule has 3 aromatic rings. The highest BCUT2D eigenvalue weighted by molar-refractivity contribution is 7.80. The van der Waals surface area contributed by atoms with Crippen molar-refractivity contribution in [1.82, 2.24) is 9.59 Å². The van der Waals surface area contributed by atoms with Crippen LogP contribution < -0.4 is 10.6 Å². The Kier molecular flexibility index (Phi) is 4.95. The van der Waals surface area contributed by atoms with Crippen LogP contribution in [-0.2, 0) is 6.18 Å². The summed E-state index contributed by atoms with van der Waals surface area (Å²) in [6.45, 7) is 0. The van der Waals surface area contributed by atoms with E-state index >= 15 is 0 Å². The van der Waals surface area contributed by atoms with Crippen LogP contribution in [-0.4, -0.2) is 14.7 Å². The third-order valence-electron chi connectivity index (χ3n) is 3.27. The number of para-hydroxylation sites is 1. The normalized spacial score (nSPS) is 11.2. The van der Waals surface area contributed by atoms with Gasteiger partial charge in [-0.05, 0) is 53.6 Å². The standard InChI is InChI=1S/C16H11F3N4S2/c17-16(18,19)12-3-1-2-4-13(12)22-15(24)21-11-7-5-10(6-8-11)14-9-20-23-25-14/h1-9H,(H2,21,22,24). The predicted octanol–water partition coefficient (Wildman–Crippen LogP) is 5.03. The second-order valence-electron chi connectivity index (χ2n) is 4.98. The van der Waals surface area contributed by atoms with E-state index < -0.39 is 11.7 Å². The fraction of sp³-hybridized carbons (Fsp3) is 0.0625. The van der Waals surface area contributed by atoms with Gasteiger partial charge in [-0.3, -0.25) is 0 Å². The maximum Gasteiger partial charge on any atom is 0.418 e. The molecule has 0 aliphatic carbocycles. The molecule has 1 aromatic heterocycles. The van der Waals surface area contributed by atoms with Gasteiger partial charge in [0.05, 0.1) is 22.3 Å². The molecule has 2 aromatic carbocycles. The zero-order valence-electron chi connectivity index (χ0n) is 12.5. The Morgan fingerprint density at radius 1 is 1.00 bits per heavy atom. The molecule has 3 rings (SSSR count). The van der Waals surface area contributed by atoms with Crippen molar-refractivity contribution in [3.63, 3.8) is 0 Å². The molecule has 0 aliphatic heterocycles. The molecule has 0 atom stereocenters. The van der Waals surface area contributed by atoms with Crippen LogP contribution in [0.3, 0.4) is 0 Å². The molecule has 0 saturated carbocycles. The van der Waals surface area contributed by atoms with Crippen molar-refractivity contribution in [2.45, 2.75) is 6.18 Å². The summed E-state index contributed by atoms with van der Waals surface area (Å²) in [5.74, 6) is 0. The molecule has 0 fully saturated rings. The molecule has 128 valence electrons. The van der Waals surface area contributed by atoms with Crippen molar-refractivity contribution in [2.24, 2.45) is 0 Å². The van der Waals surface area contributed by atoms with Gasteiger partial charge in [-0.25, -0.2) is 0 Å². The molecular weight excluding hydrogens is 369 g/mol. The Morgan fingerprint density at radius 3 is 2.36 bits per heavy atom. The number of benzene rings is 2. The van der Waals surface area contributed by atoms with E-state index in [4.69, 9.17) is 12.2 Å². The fourth-order valence-corrected chi connectivity index (χ4v) is 2.88. The number of nitrogens with one attached hydrogen (secondary N) is 2. The van der Waals surface area contributed by atoms with E-state index in [9.17, 15) is 13.2 Å². The van der Waals surface area contributed by atoms with Crippen LogP contribution in [0.15, 0.2) is 54.7 Å². The average molecular weight is 380 g/mol. The minimum Gasteiger partial charge on any atom is -0.332 e. The van der Waals surface area contributed by atoms with Gasteiger partial charge >= 0.3 is 6.18 Å². The Morgan fingerprint density at radius 2 is 1.72 bits per heavy atom. The number of halogens is 3. The molecule has 25 heavy (non-hydrogen) atoms. The van der Waals surface area contributed by atoms with Crippen LogP contribution in [0.5, 0.6) is 0 Å². The van der Waals surface area contributed by atoms with Crippen molar-refractivity contribution in [3.05, 3.63) is 60.3 Å². The molecule has 0 bridgehead atoms. The monoisotopic (exact) mass is 380 g/mol. The molecule has 0 spiro atoms. The van der Waals surface area contributed by atoms with Crippen LogP contribution in [0.1, 0.15) is 5.56 Å². The molecule has 2 N–H and O–H groups in total. The summed E-state index contributed by atoms with van der Waals surface area (Å²) in [7, 11) is 0. The zero-order valence-corrected chi connectivity index (χ0v) is 14.2. The van der Waals surface area contributed by atoms with Gasteiger partial charge in [0, 0.05) is 5.69 Å². The van der Waals surface area contributed by atoms with Gasteiger partial charge in [0.1, 0.15) is 0 Å². The predicted molar refractivity (Wildman–Crippen MR) is 96.6 cm³/mol. The molecule has 0 radical (unpaired) electrons. The van der Waals surface area contributed by atoms with Crippen molar-refractivity contribution in [1.29, 1.82) is 0 Å². The smallest absolute Gasteiger partial charge is 0.332 e. The summed E-state index contributed by atoms with van der Waals surface area (Å²) in [5.41, 5.74) is 0.733. The van der Waals surface area contributed by atoms with E-state index in [2.05, 4.69) is 20.2 Å². The van der Waals surface area contributed by atoms with E-state index in [1.807, 2.05) is 12.1 Å². The highest BCUT2D eigenvalue weighted by Gasteiger charge is 2.33. The molecule has 4 nitrogen and oxygen atoms in total. The largest absolute Gasteiger partial charge is 0.418 e. The van der Waals surface area contributed by atoms with Crippen molar-refractivity contribution in [3.8, 4) is 10.4 Å². The summed E-state index contributed by atoms with van der Waals surface area (Å²) >= 11 is 6.38. The van der Waals surface area contributed by atoms with Gasteiger partial charge in [-0.1, -0.05) is 28.8 Å². The molecule has 0 saturated heterocycles. The van der Waals surface area contributed by atoms with Crippen LogP contribution >= 0.6 is 23.8 Å². The number of aromatic nitrogens is 2. The van der Waals surface area contributed by atoms with Gasteiger partial charge in [-0.15, -0.1) is 5.10 Å². The SMILES string of the molecule is FC(F)(F)c1ccccc1NC(=S)Nc1ccc(-c2cnns2)cc1. The number of nitrogens with zero attached hydrogens (tertiary/aromatic N) is 2. The number of alkyl halides is 3. The second kappa shape index (κ2) is 7.16. The third-order valence-corrected chi connectivity index (χ3v) is 4.19. The molecule has 9 heteroatoms. The molecule has 0 amide bonds. The third kappa shape index (κ3) is 4.31. The average Bonchev–Trinajstić information content (AvgIpc) is 3.09. The molecule has 0 aliphatic rings. The zero-order chi connectivity index (χ0) is 17.9. The lowest BCUT2D eigenvalue weighted by Gasteiger charge is -2.15. The Labute approximate surface area is 150 Å². The fourth-order valence-electron chi connectivity index (χ4n) is 2.14. The highest BCUT2D eigenvalue weighted by atomic mass is 32.1. The lowest BCUT2D eigenvalue weighted by atomic mass is 10.1. The molecular formula is C16H11F3N4S2. The van der Waals surface area contributed by atoms with E-state index in [0.717, 1.165) is 16.5 Å². The minimum atomic E-state index is -4.45. The number of hydrogen-bond acceptors (Lipinski definition) is 4. The van der Waals surface area contributed by atoms with Gasteiger partial charge in [0.25, 0.3) is 0 Å². The Bertz CT molecular complexity index is 862. The lowest BCUT2D eigenvalue weighted by molar-refractivity contribution is -0.136. The van der Waals surface area contributed by atoms with E-state index in [1.165, 1.54) is 29.7 Å². The maximum atomic E-state index is 13.0. The second-order valence-corrected chi connectivity index (χ2v) is 6.18.